The van der Waals surface area contributed by atoms with Gasteiger partial charge in [0.2, 0.25) is 0 Å². The summed E-state index contributed by atoms with van der Waals surface area (Å²) in [5.74, 6) is -1.90. The van der Waals surface area contributed by atoms with Gasteiger partial charge in [0.25, 0.3) is 10.0 Å². The zero-order valence-corrected chi connectivity index (χ0v) is 28.4. The molecule has 49 heavy (non-hydrogen) atoms. The van der Waals surface area contributed by atoms with Crippen molar-refractivity contribution in [3.8, 4) is 5.82 Å². The minimum Gasteiger partial charge on any atom is -0.367 e. The zero-order valence-electron chi connectivity index (χ0n) is 26.1. The highest BCUT2D eigenvalue weighted by Gasteiger charge is 2.25. The first-order valence-electron chi connectivity index (χ1n) is 15.2. The summed E-state index contributed by atoms with van der Waals surface area (Å²) in [7, 11) is -4.41. The van der Waals surface area contributed by atoms with Gasteiger partial charge in [0.15, 0.2) is 17.5 Å². The Labute approximate surface area is 289 Å². The van der Waals surface area contributed by atoms with Gasteiger partial charge < -0.3 is 10.2 Å². The molecule has 3 aromatic carbocycles. The van der Waals surface area contributed by atoms with Crippen LogP contribution in [0.1, 0.15) is 13.8 Å². The number of aromatic nitrogens is 6. The van der Waals surface area contributed by atoms with Crippen LogP contribution in [0.15, 0.2) is 71.9 Å². The Kier molecular flexibility index (Phi) is 8.69. The molecule has 1 fully saturated rings. The summed E-state index contributed by atoms with van der Waals surface area (Å²) < 4.78 is 60.7. The van der Waals surface area contributed by atoms with Crippen molar-refractivity contribution >= 4 is 78.2 Å². The first-order valence-corrected chi connectivity index (χ1v) is 17.4. The lowest BCUT2D eigenvalue weighted by Gasteiger charge is -2.38. The summed E-state index contributed by atoms with van der Waals surface area (Å²) in [6.07, 6.45) is 1.21. The maximum atomic E-state index is 15.8. The lowest BCUT2D eigenvalue weighted by molar-refractivity contribution is 0.209. The molecule has 1 aliphatic heterocycles. The topological polar surface area (TPSA) is 134 Å². The van der Waals surface area contributed by atoms with Crippen LogP contribution < -0.4 is 14.9 Å². The van der Waals surface area contributed by atoms with Gasteiger partial charge in [-0.15, -0.1) is 5.10 Å². The van der Waals surface area contributed by atoms with Crippen LogP contribution in [0.4, 0.5) is 31.7 Å². The second-order valence-corrected chi connectivity index (χ2v) is 14.0. The molecule has 0 amide bonds. The minimum atomic E-state index is -4.41. The van der Waals surface area contributed by atoms with Gasteiger partial charge in [-0.1, -0.05) is 40.5 Å². The molecular weight excluding hydrogens is 697 g/mol. The van der Waals surface area contributed by atoms with Gasteiger partial charge >= 0.3 is 0 Å². The van der Waals surface area contributed by atoms with Crippen molar-refractivity contribution in [3.63, 3.8) is 0 Å². The Bertz CT molecular complexity index is 2330. The monoisotopic (exact) mass is 724 g/mol. The molecule has 1 saturated heterocycles. The molecule has 0 bridgehead atoms. The fourth-order valence-corrected chi connectivity index (χ4v) is 7.55. The molecule has 0 saturated carbocycles. The van der Waals surface area contributed by atoms with Crippen LogP contribution in [0.2, 0.25) is 10.0 Å². The van der Waals surface area contributed by atoms with E-state index in [0.29, 0.717) is 22.9 Å². The van der Waals surface area contributed by atoms with Crippen molar-refractivity contribution in [1.29, 1.82) is 0 Å². The number of hydrogen-bond acceptors (Lipinski definition) is 10. The van der Waals surface area contributed by atoms with Crippen LogP contribution in [0.25, 0.3) is 27.9 Å². The Balaban J connectivity index is 1.21. The van der Waals surface area contributed by atoms with Crippen LogP contribution in [-0.4, -0.2) is 75.5 Å². The second kappa shape index (κ2) is 13.0. The van der Waals surface area contributed by atoms with Gasteiger partial charge in [-0.25, -0.2) is 32.2 Å². The Hall–Kier alpha value is -4.70. The molecule has 3 aromatic heterocycles. The molecule has 17 heteroatoms. The summed E-state index contributed by atoms with van der Waals surface area (Å²) in [5.41, 5.74) is 1.76. The highest BCUT2D eigenvalue weighted by Crippen LogP contribution is 2.34. The van der Waals surface area contributed by atoms with Crippen molar-refractivity contribution < 1.29 is 17.2 Å². The van der Waals surface area contributed by atoms with Crippen molar-refractivity contribution in [1.82, 2.24) is 34.8 Å². The molecule has 12 nitrogen and oxygen atoms in total. The fraction of sp³-hybridized carbons (Fsp3) is 0.219. The number of benzene rings is 3. The maximum Gasteiger partial charge on any atom is 0.263 e. The third-order valence-corrected chi connectivity index (χ3v) is 10.6. The standard InChI is InChI=1S/C32H28Cl2F2N10O2S/c1-18(2)44-13-15-45(16-14-44)23-6-4-7-24-31(23)41-43-46(24)26-12-11-22-30(39-26)32(38-17-37-22)40-29-20(35)9-10-21(28(29)36)42-49(47,48)25-8-3-5-19(33)27(25)34/h3-12,17-18,42H,13-16H2,1-2H3,(H,37,38,40). The van der Waals surface area contributed by atoms with Gasteiger partial charge in [-0.3, -0.25) is 9.62 Å². The number of halogens is 4. The molecule has 0 aliphatic carbocycles. The summed E-state index contributed by atoms with van der Waals surface area (Å²) in [6, 6.07) is 15.6. The van der Waals surface area contributed by atoms with Gasteiger partial charge in [0.1, 0.15) is 33.8 Å². The number of hydrogen-bond donors (Lipinski definition) is 2. The van der Waals surface area contributed by atoms with E-state index in [9.17, 15) is 8.42 Å². The van der Waals surface area contributed by atoms with E-state index in [1.807, 2.05) is 18.2 Å². The first kappa shape index (κ1) is 32.8. The summed E-state index contributed by atoms with van der Waals surface area (Å²) in [5, 5.41) is 11.3. The molecule has 6 aromatic rings. The van der Waals surface area contributed by atoms with Crippen molar-refractivity contribution in [2.45, 2.75) is 24.8 Å². The summed E-state index contributed by atoms with van der Waals surface area (Å²) in [4.78, 5) is 17.5. The fourth-order valence-electron chi connectivity index (χ4n) is 5.73. The molecule has 0 atom stereocenters. The van der Waals surface area contributed by atoms with Gasteiger partial charge in [-0.2, -0.15) is 4.68 Å². The Morgan fingerprint density at radius 3 is 2.45 bits per heavy atom. The number of piperazine rings is 1. The molecule has 0 spiro atoms. The summed E-state index contributed by atoms with van der Waals surface area (Å²) >= 11 is 12.1. The van der Waals surface area contributed by atoms with Gasteiger partial charge in [-0.05, 0) is 62.4 Å². The smallest absolute Gasteiger partial charge is 0.263 e. The van der Waals surface area contributed by atoms with Crippen LogP contribution in [0.3, 0.4) is 0 Å². The molecule has 4 heterocycles. The predicted octanol–water partition coefficient (Wildman–Crippen LogP) is 6.42. The predicted molar refractivity (Wildman–Crippen MR) is 186 cm³/mol. The maximum absolute atomic E-state index is 15.8. The van der Waals surface area contributed by atoms with E-state index in [0.717, 1.165) is 49.5 Å². The second-order valence-electron chi connectivity index (χ2n) is 11.6. The third-order valence-electron chi connectivity index (χ3n) is 8.31. The number of fused-ring (bicyclic) bond motifs is 2. The molecule has 1 aliphatic rings. The van der Waals surface area contributed by atoms with Crippen LogP contribution >= 0.6 is 23.2 Å². The normalized spacial score (nSPS) is 14.2. The quantitative estimate of drug-likeness (QED) is 0.181. The molecule has 252 valence electrons. The van der Waals surface area contributed by atoms with Crippen LogP contribution in [0, 0.1) is 11.6 Å². The molecule has 0 unspecified atom stereocenters. The molecule has 7 rings (SSSR count). The van der Waals surface area contributed by atoms with E-state index in [1.165, 1.54) is 24.5 Å². The molecule has 2 N–H and O–H groups in total. The Morgan fingerprint density at radius 2 is 1.67 bits per heavy atom. The number of pyridine rings is 1. The van der Waals surface area contributed by atoms with Gasteiger partial charge in [0, 0.05) is 32.2 Å². The average Bonchev–Trinajstić information content (AvgIpc) is 3.53. The van der Waals surface area contributed by atoms with E-state index in [1.54, 1.807) is 16.8 Å². The number of nitrogens with zero attached hydrogens (tertiary/aromatic N) is 8. The van der Waals surface area contributed by atoms with Crippen LogP contribution in [-0.2, 0) is 10.0 Å². The van der Waals surface area contributed by atoms with Crippen molar-refractivity contribution in [2.75, 3.05) is 41.1 Å². The largest absolute Gasteiger partial charge is 0.367 e. The number of sulfonamides is 1. The summed E-state index contributed by atoms with van der Waals surface area (Å²) in [6.45, 7) is 7.98. The Morgan fingerprint density at radius 1 is 0.898 bits per heavy atom. The van der Waals surface area contributed by atoms with E-state index < -0.39 is 33.0 Å². The van der Waals surface area contributed by atoms with E-state index in [4.69, 9.17) is 28.2 Å². The highest BCUT2D eigenvalue weighted by molar-refractivity contribution is 7.92. The third kappa shape index (κ3) is 6.18. The van der Waals surface area contributed by atoms with Gasteiger partial charge in [0.05, 0.1) is 32.5 Å². The first-order chi connectivity index (χ1) is 23.5. The number of anilines is 4. The zero-order chi connectivity index (χ0) is 34.4. The number of rotatable bonds is 8. The molecule has 0 radical (unpaired) electrons. The van der Waals surface area contributed by atoms with Crippen molar-refractivity contribution in [3.05, 3.63) is 88.7 Å². The lowest BCUT2D eigenvalue weighted by Crippen LogP contribution is -2.48. The van der Waals surface area contributed by atoms with Crippen molar-refractivity contribution in [2.24, 2.45) is 0 Å². The van der Waals surface area contributed by atoms with E-state index >= 15 is 8.78 Å². The van der Waals surface area contributed by atoms with Crippen LogP contribution in [0.5, 0.6) is 0 Å². The highest BCUT2D eigenvalue weighted by atomic mass is 35.5. The minimum absolute atomic E-state index is 0.00604. The SMILES string of the molecule is CC(C)N1CCN(c2cccc3c2nnn3-c2ccc3ncnc(Nc4c(F)ccc(NS(=O)(=O)c5cccc(Cl)c5Cl)c4F)c3n2)CC1. The average molecular weight is 726 g/mol. The van der Waals surface area contributed by atoms with E-state index in [2.05, 4.69) is 54.0 Å². The molecular formula is C32H28Cl2F2N10O2S. The lowest BCUT2D eigenvalue weighted by atomic mass is 10.2. The number of nitrogens with one attached hydrogen (secondary N) is 2. The van der Waals surface area contributed by atoms with E-state index in [-0.39, 0.29) is 26.3 Å².